The molecule has 144 valence electrons. The Morgan fingerprint density at radius 2 is 1.48 bits per heavy atom. The van der Waals surface area contributed by atoms with Crippen LogP contribution in [0, 0.1) is 0 Å². The number of benzene rings is 4. The molecule has 4 aromatic carbocycles. The minimum atomic E-state index is -0.296. The Kier molecular flexibility index (Phi) is 5.30. The fourth-order valence-corrected chi connectivity index (χ4v) is 3.55. The van der Waals surface area contributed by atoms with E-state index in [1.807, 2.05) is 62.8 Å². The first-order valence-corrected chi connectivity index (χ1v) is 9.69. The first-order valence-electron chi connectivity index (χ1n) is 9.69. The lowest BCUT2D eigenvalue weighted by Crippen LogP contribution is -2.08. The molecule has 0 aliphatic rings. The zero-order chi connectivity index (χ0) is 20.2. The van der Waals surface area contributed by atoms with Crippen molar-refractivity contribution in [1.29, 1.82) is 0 Å². The van der Waals surface area contributed by atoms with Gasteiger partial charge in [0.1, 0.15) is 11.8 Å². The van der Waals surface area contributed by atoms with E-state index in [9.17, 15) is 5.11 Å². The SMILES string of the molecule is CN(C)c1ccc(C=NC(c2ccccc2)c2c(O)ccc3ccccc23)cc1. The van der Waals surface area contributed by atoms with Gasteiger partial charge in [0.25, 0.3) is 0 Å². The van der Waals surface area contributed by atoms with Crippen LogP contribution in [-0.2, 0) is 0 Å². The highest BCUT2D eigenvalue weighted by Gasteiger charge is 2.19. The molecule has 0 radical (unpaired) electrons. The maximum Gasteiger partial charge on any atom is 0.121 e. The van der Waals surface area contributed by atoms with E-state index in [4.69, 9.17) is 4.99 Å². The molecule has 0 aliphatic carbocycles. The summed E-state index contributed by atoms with van der Waals surface area (Å²) in [6, 6.07) is 29.9. The molecule has 3 heteroatoms. The average molecular weight is 380 g/mol. The summed E-state index contributed by atoms with van der Waals surface area (Å²) in [5.41, 5.74) is 4.04. The summed E-state index contributed by atoms with van der Waals surface area (Å²) in [5, 5.41) is 12.9. The van der Waals surface area contributed by atoms with Gasteiger partial charge in [-0.1, -0.05) is 72.8 Å². The van der Waals surface area contributed by atoms with Crippen molar-refractivity contribution in [1.82, 2.24) is 0 Å². The number of rotatable bonds is 5. The number of fused-ring (bicyclic) bond motifs is 1. The Morgan fingerprint density at radius 3 is 2.21 bits per heavy atom. The molecule has 1 atom stereocenters. The molecule has 0 amide bonds. The van der Waals surface area contributed by atoms with Gasteiger partial charge in [-0.25, -0.2) is 0 Å². The van der Waals surface area contributed by atoms with Crippen molar-refractivity contribution < 1.29 is 5.11 Å². The van der Waals surface area contributed by atoms with Gasteiger partial charge in [0.05, 0.1) is 0 Å². The molecule has 0 aliphatic heterocycles. The molecule has 0 bridgehead atoms. The molecule has 0 fully saturated rings. The van der Waals surface area contributed by atoms with Crippen molar-refractivity contribution in [2.75, 3.05) is 19.0 Å². The molecule has 1 unspecified atom stereocenters. The molecule has 4 rings (SSSR count). The zero-order valence-corrected chi connectivity index (χ0v) is 16.7. The number of anilines is 1. The van der Waals surface area contributed by atoms with Crippen LogP contribution in [0.4, 0.5) is 5.69 Å². The number of phenols is 1. The van der Waals surface area contributed by atoms with Gasteiger partial charge in [-0.3, -0.25) is 4.99 Å². The van der Waals surface area contributed by atoms with Crippen LogP contribution in [0.1, 0.15) is 22.7 Å². The molecule has 29 heavy (non-hydrogen) atoms. The molecule has 0 saturated carbocycles. The van der Waals surface area contributed by atoms with Crippen molar-refractivity contribution >= 4 is 22.7 Å². The van der Waals surface area contributed by atoms with Crippen molar-refractivity contribution in [3.63, 3.8) is 0 Å². The lowest BCUT2D eigenvalue weighted by molar-refractivity contribution is 0.467. The lowest BCUT2D eigenvalue weighted by atomic mass is 9.93. The third kappa shape index (κ3) is 3.99. The van der Waals surface area contributed by atoms with Gasteiger partial charge < -0.3 is 10.0 Å². The molecule has 1 N–H and O–H groups in total. The quantitative estimate of drug-likeness (QED) is 0.443. The third-order valence-corrected chi connectivity index (χ3v) is 5.12. The van der Waals surface area contributed by atoms with Gasteiger partial charge in [0.15, 0.2) is 0 Å². The minimum absolute atomic E-state index is 0.262. The van der Waals surface area contributed by atoms with Crippen LogP contribution in [0.3, 0.4) is 0 Å². The number of aromatic hydroxyl groups is 1. The second kappa shape index (κ2) is 8.19. The molecule has 4 aromatic rings. The molecule has 0 saturated heterocycles. The van der Waals surface area contributed by atoms with Crippen LogP contribution in [0.15, 0.2) is 96.0 Å². The van der Waals surface area contributed by atoms with Crippen LogP contribution in [0.25, 0.3) is 10.8 Å². The number of nitrogens with zero attached hydrogens (tertiary/aromatic N) is 2. The summed E-state index contributed by atoms with van der Waals surface area (Å²) >= 11 is 0. The summed E-state index contributed by atoms with van der Waals surface area (Å²) < 4.78 is 0. The van der Waals surface area contributed by atoms with Crippen LogP contribution < -0.4 is 4.90 Å². The van der Waals surface area contributed by atoms with E-state index < -0.39 is 0 Å². The van der Waals surface area contributed by atoms with Crippen molar-refractivity contribution in [2.45, 2.75) is 6.04 Å². The smallest absolute Gasteiger partial charge is 0.121 e. The number of hydrogen-bond acceptors (Lipinski definition) is 3. The van der Waals surface area contributed by atoms with Crippen molar-refractivity contribution in [2.24, 2.45) is 4.99 Å². The van der Waals surface area contributed by atoms with E-state index in [0.717, 1.165) is 33.2 Å². The monoisotopic (exact) mass is 380 g/mol. The number of phenolic OH excluding ortho intramolecular Hbond substituents is 1. The Morgan fingerprint density at radius 1 is 0.793 bits per heavy atom. The normalized spacial score (nSPS) is 12.3. The van der Waals surface area contributed by atoms with Gasteiger partial charge in [0, 0.05) is 31.6 Å². The second-order valence-corrected chi connectivity index (χ2v) is 7.30. The Hall–Kier alpha value is -3.59. The van der Waals surface area contributed by atoms with E-state index in [2.05, 4.69) is 47.4 Å². The number of aliphatic imine (C=N–C) groups is 1. The fourth-order valence-electron chi connectivity index (χ4n) is 3.55. The average Bonchev–Trinajstić information content (AvgIpc) is 2.76. The van der Waals surface area contributed by atoms with Gasteiger partial charge in [-0.05, 0) is 40.1 Å². The van der Waals surface area contributed by atoms with Crippen LogP contribution in [-0.4, -0.2) is 25.4 Å². The van der Waals surface area contributed by atoms with Crippen LogP contribution in [0.2, 0.25) is 0 Å². The highest BCUT2D eigenvalue weighted by Crippen LogP contribution is 2.38. The summed E-state index contributed by atoms with van der Waals surface area (Å²) in [6.07, 6.45) is 1.89. The van der Waals surface area contributed by atoms with Gasteiger partial charge in [-0.15, -0.1) is 0 Å². The van der Waals surface area contributed by atoms with Crippen LogP contribution in [0.5, 0.6) is 5.75 Å². The Bertz CT molecular complexity index is 1130. The summed E-state index contributed by atoms with van der Waals surface area (Å²) in [6.45, 7) is 0. The van der Waals surface area contributed by atoms with E-state index in [-0.39, 0.29) is 11.8 Å². The zero-order valence-electron chi connectivity index (χ0n) is 16.7. The van der Waals surface area contributed by atoms with Gasteiger partial charge >= 0.3 is 0 Å². The summed E-state index contributed by atoms with van der Waals surface area (Å²) in [5.74, 6) is 0.262. The molecule has 0 aromatic heterocycles. The Balaban J connectivity index is 1.81. The minimum Gasteiger partial charge on any atom is -0.508 e. The van der Waals surface area contributed by atoms with Gasteiger partial charge in [-0.2, -0.15) is 0 Å². The van der Waals surface area contributed by atoms with Crippen LogP contribution >= 0.6 is 0 Å². The Labute approximate surface area is 171 Å². The maximum atomic E-state index is 10.8. The van der Waals surface area contributed by atoms with E-state index in [1.165, 1.54) is 0 Å². The molecule has 0 heterocycles. The van der Waals surface area contributed by atoms with Crippen molar-refractivity contribution in [3.05, 3.63) is 108 Å². The first-order chi connectivity index (χ1) is 14.1. The van der Waals surface area contributed by atoms with Crippen molar-refractivity contribution in [3.8, 4) is 5.75 Å². The molecule has 3 nitrogen and oxygen atoms in total. The van der Waals surface area contributed by atoms with E-state index >= 15 is 0 Å². The predicted octanol–water partition coefficient (Wildman–Crippen LogP) is 5.82. The standard InChI is InChI=1S/C26H24N2O/c1-28(2)22-15-12-19(13-16-22)18-27-26(21-9-4-3-5-10-21)25-23-11-7-6-8-20(23)14-17-24(25)29/h3-18,26,29H,1-2H3. The molecular weight excluding hydrogens is 356 g/mol. The molecular formula is C26H24N2O. The largest absolute Gasteiger partial charge is 0.508 e. The summed E-state index contributed by atoms with van der Waals surface area (Å²) in [7, 11) is 4.05. The summed E-state index contributed by atoms with van der Waals surface area (Å²) in [4.78, 5) is 6.99. The second-order valence-electron chi connectivity index (χ2n) is 7.30. The first kappa shape index (κ1) is 18.8. The van der Waals surface area contributed by atoms with E-state index in [1.54, 1.807) is 6.07 Å². The third-order valence-electron chi connectivity index (χ3n) is 5.12. The maximum absolute atomic E-state index is 10.8. The topological polar surface area (TPSA) is 35.8 Å². The highest BCUT2D eigenvalue weighted by molar-refractivity contribution is 5.89. The molecule has 0 spiro atoms. The highest BCUT2D eigenvalue weighted by atomic mass is 16.3. The van der Waals surface area contributed by atoms with Gasteiger partial charge in [0.2, 0.25) is 0 Å². The van der Waals surface area contributed by atoms with E-state index in [0.29, 0.717) is 0 Å². The fraction of sp³-hybridized carbons (Fsp3) is 0.115. The lowest BCUT2D eigenvalue weighted by Gasteiger charge is -2.18. The number of hydrogen-bond donors (Lipinski definition) is 1. The predicted molar refractivity (Wildman–Crippen MR) is 122 cm³/mol.